The van der Waals surface area contributed by atoms with Crippen molar-refractivity contribution < 1.29 is 10.0 Å². The van der Waals surface area contributed by atoms with Crippen LogP contribution in [-0.2, 0) is 4.79 Å². The molecule has 0 spiro atoms. The summed E-state index contributed by atoms with van der Waals surface area (Å²) in [6, 6.07) is 17.2. The molecule has 0 aliphatic rings. The van der Waals surface area contributed by atoms with Gasteiger partial charge in [0.15, 0.2) is 0 Å². The van der Waals surface area contributed by atoms with Gasteiger partial charge in [-0.05, 0) is 23.3 Å². The highest BCUT2D eigenvalue weighted by atomic mass is 16.5. The van der Waals surface area contributed by atoms with Crippen molar-refractivity contribution in [2.75, 3.05) is 5.06 Å². The minimum absolute atomic E-state index is 0.270. The Morgan fingerprint density at radius 3 is 2.10 bits per heavy atom. The van der Waals surface area contributed by atoms with Gasteiger partial charge in [-0.15, -0.1) is 0 Å². The van der Waals surface area contributed by atoms with Crippen molar-refractivity contribution in [1.29, 1.82) is 0 Å². The lowest BCUT2D eigenvalue weighted by Gasteiger charge is -2.13. The Bertz CT molecular complexity index is 588. The summed E-state index contributed by atoms with van der Waals surface area (Å²) in [5.74, 6) is -0.322. The van der Waals surface area contributed by atoms with Gasteiger partial charge in [0.05, 0.1) is 5.69 Å². The average Bonchev–Trinajstić information content (AvgIpc) is 2.53. The molecule has 3 heteroatoms. The SMILES string of the molecule is CCC(=O)N(O)c1ccc(/C=C/c2ccccc2)cc1. The van der Waals surface area contributed by atoms with Gasteiger partial charge in [-0.1, -0.05) is 61.5 Å². The molecule has 1 amide bonds. The lowest BCUT2D eigenvalue weighted by atomic mass is 10.1. The van der Waals surface area contributed by atoms with E-state index in [1.165, 1.54) is 0 Å². The topological polar surface area (TPSA) is 40.5 Å². The summed E-state index contributed by atoms with van der Waals surface area (Å²) in [5.41, 5.74) is 2.62. The third-order valence-corrected chi connectivity index (χ3v) is 2.94. The molecule has 0 atom stereocenters. The van der Waals surface area contributed by atoms with Crippen molar-refractivity contribution in [2.24, 2.45) is 0 Å². The molecule has 0 aliphatic heterocycles. The fourth-order valence-corrected chi connectivity index (χ4v) is 1.78. The number of rotatable bonds is 4. The molecule has 0 saturated carbocycles. The van der Waals surface area contributed by atoms with Gasteiger partial charge in [0.1, 0.15) is 0 Å². The summed E-state index contributed by atoms with van der Waals surface area (Å²) in [5, 5.41) is 10.3. The van der Waals surface area contributed by atoms with Gasteiger partial charge < -0.3 is 0 Å². The maximum absolute atomic E-state index is 11.4. The molecule has 0 heterocycles. The van der Waals surface area contributed by atoms with Crippen molar-refractivity contribution in [2.45, 2.75) is 13.3 Å². The normalized spacial score (nSPS) is 10.7. The van der Waals surface area contributed by atoms with Crippen LogP contribution in [0.1, 0.15) is 24.5 Å². The summed E-state index contributed by atoms with van der Waals surface area (Å²) < 4.78 is 0. The van der Waals surface area contributed by atoms with Gasteiger partial charge in [0, 0.05) is 6.42 Å². The second-order valence-electron chi connectivity index (χ2n) is 4.39. The Morgan fingerprint density at radius 1 is 1.00 bits per heavy atom. The monoisotopic (exact) mass is 267 g/mol. The molecule has 2 aromatic rings. The van der Waals surface area contributed by atoms with E-state index >= 15 is 0 Å². The minimum atomic E-state index is -0.322. The Morgan fingerprint density at radius 2 is 1.55 bits per heavy atom. The first kappa shape index (κ1) is 14.0. The number of hydrogen-bond acceptors (Lipinski definition) is 2. The Balaban J connectivity index is 2.09. The third-order valence-electron chi connectivity index (χ3n) is 2.94. The van der Waals surface area contributed by atoms with Crippen molar-refractivity contribution in [1.82, 2.24) is 0 Å². The maximum Gasteiger partial charge on any atom is 0.250 e. The van der Waals surface area contributed by atoms with E-state index < -0.39 is 0 Å². The highest BCUT2D eigenvalue weighted by Gasteiger charge is 2.09. The molecule has 1 N–H and O–H groups in total. The number of nitrogens with zero attached hydrogens (tertiary/aromatic N) is 1. The summed E-state index contributed by atoms with van der Waals surface area (Å²) in [7, 11) is 0. The van der Waals surface area contributed by atoms with Gasteiger partial charge in [-0.2, -0.15) is 5.06 Å². The van der Waals surface area contributed by atoms with Crippen LogP contribution in [0.25, 0.3) is 12.2 Å². The van der Waals surface area contributed by atoms with Crippen molar-refractivity contribution in [3.8, 4) is 0 Å². The van der Waals surface area contributed by atoms with Gasteiger partial charge in [-0.25, -0.2) is 0 Å². The highest BCUT2D eigenvalue weighted by molar-refractivity contribution is 5.90. The van der Waals surface area contributed by atoms with Gasteiger partial charge >= 0.3 is 0 Å². The largest absolute Gasteiger partial charge is 0.281 e. The smallest absolute Gasteiger partial charge is 0.250 e. The average molecular weight is 267 g/mol. The zero-order valence-electron chi connectivity index (χ0n) is 11.4. The van der Waals surface area contributed by atoms with E-state index in [0.717, 1.165) is 11.1 Å². The lowest BCUT2D eigenvalue weighted by molar-refractivity contribution is -0.123. The number of hydroxylamine groups is 1. The van der Waals surface area contributed by atoms with E-state index in [0.29, 0.717) is 10.8 Å². The summed E-state index contributed by atoms with van der Waals surface area (Å²) in [6.07, 6.45) is 4.28. The lowest BCUT2D eigenvalue weighted by Crippen LogP contribution is -2.25. The van der Waals surface area contributed by atoms with Crippen LogP contribution in [0.15, 0.2) is 54.6 Å². The maximum atomic E-state index is 11.4. The van der Waals surface area contributed by atoms with Crippen LogP contribution in [0.2, 0.25) is 0 Å². The summed E-state index contributed by atoms with van der Waals surface area (Å²) in [4.78, 5) is 11.4. The molecule has 0 radical (unpaired) electrons. The number of anilines is 1. The molecular weight excluding hydrogens is 250 g/mol. The van der Waals surface area contributed by atoms with E-state index in [9.17, 15) is 10.0 Å². The molecule has 0 fully saturated rings. The molecule has 20 heavy (non-hydrogen) atoms. The fraction of sp³-hybridized carbons (Fsp3) is 0.118. The van der Waals surface area contributed by atoms with Crippen LogP contribution in [-0.4, -0.2) is 11.1 Å². The Kier molecular flexibility index (Phi) is 4.69. The molecule has 0 unspecified atom stereocenters. The first-order chi connectivity index (χ1) is 9.70. The predicted molar refractivity (Wildman–Crippen MR) is 81.4 cm³/mol. The molecule has 0 saturated heterocycles. The second kappa shape index (κ2) is 6.68. The number of carbonyl (C=O) groups is 1. The zero-order valence-corrected chi connectivity index (χ0v) is 11.4. The molecule has 0 bridgehead atoms. The van der Waals surface area contributed by atoms with Crippen LogP contribution in [0.3, 0.4) is 0 Å². The number of hydrogen-bond donors (Lipinski definition) is 1. The molecular formula is C17H17NO2. The van der Waals surface area contributed by atoms with E-state index in [2.05, 4.69) is 0 Å². The van der Waals surface area contributed by atoms with Crippen LogP contribution in [0.5, 0.6) is 0 Å². The quantitative estimate of drug-likeness (QED) is 0.517. The van der Waals surface area contributed by atoms with Crippen LogP contribution in [0.4, 0.5) is 5.69 Å². The van der Waals surface area contributed by atoms with Crippen molar-refractivity contribution in [3.05, 3.63) is 65.7 Å². The van der Waals surface area contributed by atoms with Crippen LogP contribution >= 0.6 is 0 Å². The van der Waals surface area contributed by atoms with E-state index in [1.807, 2.05) is 54.6 Å². The molecule has 0 aromatic heterocycles. The minimum Gasteiger partial charge on any atom is -0.281 e. The van der Waals surface area contributed by atoms with Crippen LogP contribution in [0, 0.1) is 0 Å². The standard InChI is InChI=1S/C17H17NO2/c1-2-17(19)18(20)16-12-10-15(11-13-16)9-8-14-6-4-3-5-7-14/h3-13,20H,2H2,1H3/b9-8+. The Hall–Kier alpha value is -2.39. The van der Waals surface area contributed by atoms with E-state index in [1.54, 1.807) is 19.1 Å². The molecule has 2 aromatic carbocycles. The molecule has 2 rings (SSSR count). The third kappa shape index (κ3) is 3.56. The van der Waals surface area contributed by atoms with E-state index in [-0.39, 0.29) is 12.3 Å². The highest BCUT2D eigenvalue weighted by Crippen LogP contribution is 2.16. The van der Waals surface area contributed by atoms with Gasteiger partial charge in [0.25, 0.3) is 0 Å². The Labute approximate surface area is 118 Å². The van der Waals surface area contributed by atoms with E-state index in [4.69, 9.17) is 0 Å². The molecule has 0 aliphatic carbocycles. The van der Waals surface area contributed by atoms with Crippen molar-refractivity contribution in [3.63, 3.8) is 0 Å². The molecule has 3 nitrogen and oxygen atoms in total. The summed E-state index contributed by atoms with van der Waals surface area (Å²) in [6.45, 7) is 1.71. The number of carbonyl (C=O) groups excluding carboxylic acids is 1. The molecule has 102 valence electrons. The number of benzene rings is 2. The fourth-order valence-electron chi connectivity index (χ4n) is 1.78. The van der Waals surface area contributed by atoms with Crippen LogP contribution < -0.4 is 5.06 Å². The first-order valence-electron chi connectivity index (χ1n) is 6.55. The van der Waals surface area contributed by atoms with Gasteiger partial charge in [0.2, 0.25) is 5.91 Å². The van der Waals surface area contributed by atoms with Crippen molar-refractivity contribution >= 4 is 23.7 Å². The predicted octanol–water partition coefficient (Wildman–Crippen LogP) is 3.99. The first-order valence-corrected chi connectivity index (χ1v) is 6.55. The van der Waals surface area contributed by atoms with Gasteiger partial charge in [-0.3, -0.25) is 10.0 Å². The number of amides is 1. The second-order valence-corrected chi connectivity index (χ2v) is 4.39. The zero-order chi connectivity index (χ0) is 14.4. The summed E-state index contributed by atoms with van der Waals surface area (Å²) >= 11 is 0.